The first-order valence-electron chi connectivity index (χ1n) is 6.79. The van der Waals surface area contributed by atoms with Crippen LogP contribution in [0.3, 0.4) is 0 Å². The molecule has 0 atom stereocenters. The molecule has 2 amide bonds. The third-order valence-corrected chi connectivity index (χ3v) is 3.91. The first-order valence-corrected chi connectivity index (χ1v) is 7.67. The van der Waals surface area contributed by atoms with Crippen molar-refractivity contribution >= 4 is 34.8 Å². The van der Waals surface area contributed by atoms with Crippen molar-refractivity contribution in [3.8, 4) is 0 Å². The number of carbonyl (C=O) groups excluding carboxylic acids is 2. The summed E-state index contributed by atoms with van der Waals surface area (Å²) in [4.78, 5) is 38.8. The van der Waals surface area contributed by atoms with Crippen molar-refractivity contribution in [1.82, 2.24) is 10.3 Å². The molecular formula is C15H15N3O4S. The number of carboxylic acid groups (broad SMARTS) is 1. The van der Waals surface area contributed by atoms with E-state index in [2.05, 4.69) is 15.6 Å². The van der Waals surface area contributed by atoms with Gasteiger partial charge >= 0.3 is 5.97 Å². The zero-order chi connectivity index (χ0) is 16.8. The molecule has 0 saturated carbocycles. The normalized spacial score (nSPS) is 10.1. The fourth-order valence-corrected chi connectivity index (χ4v) is 2.50. The summed E-state index contributed by atoms with van der Waals surface area (Å²) in [7, 11) is 0. The van der Waals surface area contributed by atoms with Gasteiger partial charge in [0.25, 0.3) is 11.8 Å². The molecular weight excluding hydrogens is 318 g/mol. The smallest absolute Gasteiger partial charge is 0.305 e. The van der Waals surface area contributed by atoms with Crippen molar-refractivity contribution in [3.63, 3.8) is 0 Å². The van der Waals surface area contributed by atoms with Gasteiger partial charge < -0.3 is 15.7 Å². The van der Waals surface area contributed by atoms with E-state index in [4.69, 9.17) is 5.11 Å². The standard InChI is InChI=1S/C15H15N3O4S/c1-9-13(23-8-17-9)15(22)18-11-4-2-10(3-5-11)14(21)16-7-6-12(19)20/h2-5,8H,6-7H2,1H3,(H,16,21)(H,18,22)(H,19,20). The number of aliphatic carboxylic acids is 1. The average molecular weight is 333 g/mol. The highest BCUT2D eigenvalue weighted by Crippen LogP contribution is 2.16. The quantitative estimate of drug-likeness (QED) is 0.748. The summed E-state index contributed by atoms with van der Waals surface area (Å²) in [6, 6.07) is 6.34. The summed E-state index contributed by atoms with van der Waals surface area (Å²) in [6.07, 6.45) is -0.131. The van der Waals surface area contributed by atoms with E-state index in [1.165, 1.54) is 11.3 Å². The minimum atomic E-state index is -0.971. The van der Waals surface area contributed by atoms with Crippen LogP contribution in [0.5, 0.6) is 0 Å². The Kier molecular flexibility index (Phi) is 5.42. The number of benzene rings is 1. The number of aromatic nitrogens is 1. The van der Waals surface area contributed by atoms with Crippen molar-refractivity contribution < 1.29 is 19.5 Å². The number of carboxylic acids is 1. The van der Waals surface area contributed by atoms with E-state index in [1.54, 1.807) is 36.7 Å². The summed E-state index contributed by atoms with van der Waals surface area (Å²) in [5.74, 6) is -1.58. The van der Waals surface area contributed by atoms with Crippen LogP contribution in [0.1, 0.15) is 32.1 Å². The second-order valence-electron chi connectivity index (χ2n) is 4.70. The molecule has 0 fully saturated rings. The maximum Gasteiger partial charge on any atom is 0.305 e. The molecule has 0 aliphatic heterocycles. The zero-order valence-corrected chi connectivity index (χ0v) is 13.1. The predicted octanol–water partition coefficient (Wildman–Crippen LogP) is 1.91. The SMILES string of the molecule is Cc1ncsc1C(=O)Nc1ccc(C(=O)NCCC(=O)O)cc1. The largest absolute Gasteiger partial charge is 0.481 e. The molecule has 120 valence electrons. The van der Waals surface area contributed by atoms with Crippen LogP contribution < -0.4 is 10.6 Å². The average Bonchev–Trinajstić information content (AvgIpc) is 2.93. The Balaban J connectivity index is 1.94. The Hall–Kier alpha value is -2.74. The Labute approximate surface area is 136 Å². The van der Waals surface area contributed by atoms with E-state index in [9.17, 15) is 14.4 Å². The van der Waals surface area contributed by atoms with Crippen molar-refractivity contribution in [2.75, 3.05) is 11.9 Å². The van der Waals surface area contributed by atoms with Crippen LogP contribution in [0.25, 0.3) is 0 Å². The van der Waals surface area contributed by atoms with E-state index in [1.807, 2.05) is 0 Å². The highest BCUT2D eigenvalue weighted by molar-refractivity contribution is 7.12. The molecule has 0 unspecified atom stereocenters. The molecule has 0 bridgehead atoms. The number of carbonyl (C=O) groups is 3. The molecule has 2 rings (SSSR count). The Morgan fingerprint density at radius 2 is 1.87 bits per heavy atom. The number of nitrogens with one attached hydrogen (secondary N) is 2. The lowest BCUT2D eigenvalue weighted by atomic mass is 10.2. The molecule has 2 aromatic rings. The van der Waals surface area contributed by atoms with Crippen LogP contribution >= 0.6 is 11.3 Å². The van der Waals surface area contributed by atoms with Crippen LogP contribution in [0.2, 0.25) is 0 Å². The van der Waals surface area contributed by atoms with Gasteiger partial charge in [0.2, 0.25) is 0 Å². The Morgan fingerprint density at radius 1 is 1.17 bits per heavy atom. The molecule has 0 aliphatic carbocycles. The van der Waals surface area contributed by atoms with E-state index in [0.717, 1.165) is 0 Å². The van der Waals surface area contributed by atoms with Gasteiger partial charge in [0, 0.05) is 17.8 Å². The molecule has 8 heteroatoms. The molecule has 0 aliphatic rings. The Morgan fingerprint density at radius 3 is 2.43 bits per heavy atom. The Bertz CT molecular complexity index is 725. The van der Waals surface area contributed by atoms with E-state index < -0.39 is 5.97 Å². The summed E-state index contributed by atoms with van der Waals surface area (Å²) in [5.41, 5.74) is 3.23. The summed E-state index contributed by atoms with van der Waals surface area (Å²) < 4.78 is 0. The number of rotatable bonds is 6. The van der Waals surface area contributed by atoms with Gasteiger partial charge in [-0.05, 0) is 31.2 Å². The van der Waals surface area contributed by atoms with Gasteiger partial charge in [-0.15, -0.1) is 11.3 Å². The highest BCUT2D eigenvalue weighted by atomic mass is 32.1. The van der Waals surface area contributed by atoms with Gasteiger partial charge in [-0.2, -0.15) is 0 Å². The zero-order valence-electron chi connectivity index (χ0n) is 12.3. The van der Waals surface area contributed by atoms with Crippen molar-refractivity contribution in [2.45, 2.75) is 13.3 Å². The van der Waals surface area contributed by atoms with Crippen LogP contribution in [-0.2, 0) is 4.79 Å². The maximum atomic E-state index is 12.0. The predicted molar refractivity (Wildman–Crippen MR) is 85.8 cm³/mol. The van der Waals surface area contributed by atoms with Gasteiger partial charge in [0.1, 0.15) is 4.88 Å². The second kappa shape index (κ2) is 7.50. The number of hydrogen-bond donors (Lipinski definition) is 3. The number of aryl methyl sites for hydroxylation is 1. The highest BCUT2D eigenvalue weighted by Gasteiger charge is 2.12. The third kappa shape index (κ3) is 4.62. The number of thiazole rings is 1. The first-order chi connectivity index (χ1) is 11.0. The molecule has 1 aromatic carbocycles. The molecule has 7 nitrogen and oxygen atoms in total. The van der Waals surface area contributed by atoms with Crippen LogP contribution in [0.4, 0.5) is 5.69 Å². The molecule has 0 saturated heterocycles. The van der Waals surface area contributed by atoms with E-state index in [-0.39, 0.29) is 24.8 Å². The molecule has 1 aromatic heterocycles. The van der Waals surface area contributed by atoms with Crippen LogP contribution in [-0.4, -0.2) is 34.4 Å². The number of hydrogen-bond acceptors (Lipinski definition) is 5. The van der Waals surface area contributed by atoms with Crippen molar-refractivity contribution in [1.29, 1.82) is 0 Å². The van der Waals surface area contributed by atoms with Gasteiger partial charge in [-0.25, -0.2) is 4.98 Å². The fourth-order valence-electron chi connectivity index (χ4n) is 1.80. The first kappa shape index (κ1) is 16.6. The minimum absolute atomic E-state index is 0.0668. The van der Waals surface area contributed by atoms with Crippen molar-refractivity contribution in [2.24, 2.45) is 0 Å². The van der Waals surface area contributed by atoms with Gasteiger partial charge in [-0.1, -0.05) is 0 Å². The number of amides is 2. The minimum Gasteiger partial charge on any atom is -0.481 e. The maximum absolute atomic E-state index is 12.0. The van der Waals surface area contributed by atoms with Crippen LogP contribution in [0, 0.1) is 6.92 Å². The molecule has 23 heavy (non-hydrogen) atoms. The topological polar surface area (TPSA) is 108 Å². The lowest BCUT2D eigenvalue weighted by Crippen LogP contribution is -2.25. The second-order valence-corrected chi connectivity index (χ2v) is 5.55. The summed E-state index contributed by atoms with van der Waals surface area (Å²) >= 11 is 1.26. The number of anilines is 1. The van der Waals surface area contributed by atoms with E-state index >= 15 is 0 Å². The molecule has 1 heterocycles. The van der Waals surface area contributed by atoms with Gasteiger partial charge in [0.05, 0.1) is 17.6 Å². The molecule has 3 N–H and O–H groups in total. The van der Waals surface area contributed by atoms with Crippen molar-refractivity contribution in [3.05, 3.63) is 45.9 Å². The van der Waals surface area contributed by atoms with Gasteiger partial charge in [0.15, 0.2) is 0 Å². The number of nitrogens with zero attached hydrogens (tertiary/aromatic N) is 1. The van der Waals surface area contributed by atoms with Gasteiger partial charge in [-0.3, -0.25) is 14.4 Å². The summed E-state index contributed by atoms with van der Waals surface area (Å²) in [5, 5.41) is 13.8. The van der Waals surface area contributed by atoms with E-state index in [0.29, 0.717) is 21.8 Å². The summed E-state index contributed by atoms with van der Waals surface area (Å²) in [6.45, 7) is 1.83. The molecule has 0 spiro atoms. The lowest BCUT2D eigenvalue weighted by Gasteiger charge is -2.06. The third-order valence-electron chi connectivity index (χ3n) is 2.98. The van der Waals surface area contributed by atoms with Crippen LogP contribution in [0.15, 0.2) is 29.8 Å². The monoisotopic (exact) mass is 333 g/mol. The lowest BCUT2D eigenvalue weighted by molar-refractivity contribution is -0.136. The fraction of sp³-hybridized carbons (Fsp3) is 0.200. The molecule has 0 radical (unpaired) electrons.